The molecule has 126 valence electrons. The molecule has 0 atom stereocenters. The molecule has 5 nitrogen and oxygen atoms in total. The summed E-state index contributed by atoms with van der Waals surface area (Å²) < 4.78 is 0.817. The van der Waals surface area contributed by atoms with E-state index >= 15 is 0 Å². The molecule has 2 amide bonds. The smallest absolute Gasteiger partial charge is 0.241 e. The van der Waals surface area contributed by atoms with Crippen LogP contribution in [0.2, 0.25) is 0 Å². The predicted molar refractivity (Wildman–Crippen MR) is 103 cm³/mol. The summed E-state index contributed by atoms with van der Waals surface area (Å²) in [6.45, 7) is 0. The molecule has 1 aliphatic heterocycles. The lowest BCUT2D eigenvalue weighted by atomic mass is 10.1. The number of carbonyl (C=O) groups is 2. The van der Waals surface area contributed by atoms with Crippen LogP contribution in [0.1, 0.15) is 12.0 Å². The highest BCUT2D eigenvalue weighted by molar-refractivity contribution is 9.10. The normalized spacial score (nSPS) is 13.8. The molecule has 0 aromatic heterocycles. The third-order valence-corrected chi connectivity index (χ3v) is 4.93. The fourth-order valence-electron chi connectivity index (χ4n) is 3.16. The zero-order valence-electron chi connectivity index (χ0n) is 13.5. The fourth-order valence-corrected chi connectivity index (χ4v) is 3.72. The van der Waals surface area contributed by atoms with E-state index in [-0.39, 0.29) is 18.2 Å². The van der Waals surface area contributed by atoms with Gasteiger partial charge in [-0.25, -0.2) is 0 Å². The number of hydrogen-bond donors (Lipinski definition) is 1. The topological polar surface area (TPSA) is 73.2 Å². The van der Waals surface area contributed by atoms with Gasteiger partial charge in [0.25, 0.3) is 0 Å². The first-order valence-corrected chi connectivity index (χ1v) is 8.72. The van der Waals surface area contributed by atoms with Crippen molar-refractivity contribution in [3.63, 3.8) is 0 Å². The van der Waals surface area contributed by atoms with Gasteiger partial charge in [-0.3, -0.25) is 14.5 Å². The molecule has 0 fully saturated rings. The highest BCUT2D eigenvalue weighted by Gasteiger charge is 2.29. The van der Waals surface area contributed by atoms with Gasteiger partial charge in [0.1, 0.15) is 6.42 Å². The number of nitrogens with one attached hydrogen (secondary N) is 1. The summed E-state index contributed by atoms with van der Waals surface area (Å²) in [5.74, 6) is -0.707. The number of anilines is 3. The van der Waals surface area contributed by atoms with Gasteiger partial charge in [0, 0.05) is 9.86 Å². The number of amides is 2. The Morgan fingerprint density at radius 2 is 1.81 bits per heavy atom. The number of rotatable bonds is 1. The van der Waals surface area contributed by atoms with Crippen molar-refractivity contribution in [3.8, 4) is 6.07 Å². The molecule has 1 N–H and O–H groups in total. The lowest BCUT2D eigenvalue weighted by Gasteiger charge is -2.24. The molecule has 0 aliphatic carbocycles. The summed E-state index contributed by atoms with van der Waals surface area (Å²) in [5.41, 5.74) is 2.15. The predicted octanol–water partition coefficient (Wildman–Crippen LogP) is 4.48. The van der Waals surface area contributed by atoms with Crippen LogP contribution in [0.25, 0.3) is 10.8 Å². The Labute approximate surface area is 158 Å². The van der Waals surface area contributed by atoms with E-state index in [4.69, 9.17) is 0 Å². The van der Waals surface area contributed by atoms with E-state index in [1.807, 2.05) is 30.3 Å². The van der Waals surface area contributed by atoms with Crippen molar-refractivity contribution in [3.05, 3.63) is 64.6 Å². The first kappa shape index (κ1) is 16.3. The minimum atomic E-state index is -0.359. The van der Waals surface area contributed by atoms with E-state index in [2.05, 4.69) is 27.3 Å². The summed E-state index contributed by atoms with van der Waals surface area (Å²) in [6.07, 6.45) is -0.266. The van der Waals surface area contributed by atoms with Crippen molar-refractivity contribution in [2.24, 2.45) is 0 Å². The molecule has 6 heteroatoms. The largest absolute Gasteiger partial charge is 0.323 e. The Hall–Kier alpha value is -3.17. The quantitative estimate of drug-likeness (QED) is 0.606. The molecule has 0 spiro atoms. The second-order valence-electron chi connectivity index (χ2n) is 5.91. The molecule has 1 heterocycles. The molecular formula is C20H12BrN3O2. The Kier molecular flexibility index (Phi) is 3.94. The van der Waals surface area contributed by atoms with Crippen molar-refractivity contribution < 1.29 is 9.59 Å². The number of carbonyl (C=O) groups excluding carboxylic acids is 2. The minimum Gasteiger partial charge on any atom is -0.323 e. The molecule has 4 rings (SSSR count). The van der Waals surface area contributed by atoms with Gasteiger partial charge in [-0.05, 0) is 29.7 Å². The van der Waals surface area contributed by atoms with Crippen LogP contribution in [0.3, 0.4) is 0 Å². The van der Waals surface area contributed by atoms with Gasteiger partial charge in [0.05, 0.1) is 28.7 Å². The lowest BCUT2D eigenvalue weighted by Crippen LogP contribution is -2.26. The molecule has 0 radical (unpaired) electrons. The number of hydrogen-bond acceptors (Lipinski definition) is 3. The van der Waals surface area contributed by atoms with Crippen molar-refractivity contribution >= 4 is 55.6 Å². The van der Waals surface area contributed by atoms with E-state index in [0.717, 1.165) is 15.2 Å². The number of fused-ring (bicyclic) bond motifs is 3. The second-order valence-corrected chi connectivity index (χ2v) is 6.77. The summed E-state index contributed by atoms with van der Waals surface area (Å²) >= 11 is 3.56. The van der Waals surface area contributed by atoms with Crippen LogP contribution in [-0.4, -0.2) is 11.8 Å². The zero-order chi connectivity index (χ0) is 18.3. The molecular weight excluding hydrogens is 394 g/mol. The van der Waals surface area contributed by atoms with Crippen LogP contribution in [0, 0.1) is 11.3 Å². The van der Waals surface area contributed by atoms with Gasteiger partial charge >= 0.3 is 0 Å². The standard InChI is InChI=1S/C20H12BrN3O2/c21-16-9-17-20(15-7-2-1-6-14(15)16)23-18(25)10-19(26)24(17)13-5-3-4-12(8-13)11-22/h1-9H,10H2,(H,23,25). The van der Waals surface area contributed by atoms with Crippen LogP contribution in [0.5, 0.6) is 0 Å². The van der Waals surface area contributed by atoms with E-state index in [0.29, 0.717) is 22.6 Å². The third kappa shape index (κ3) is 2.63. The maximum absolute atomic E-state index is 12.8. The van der Waals surface area contributed by atoms with E-state index in [1.54, 1.807) is 24.3 Å². The third-order valence-electron chi connectivity index (χ3n) is 4.27. The molecule has 1 aliphatic rings. The Morgan fingerprint density at radius 1 is 1.04 bits per heavy atom. The highest BCUT2D eigenvalue weighted by Crippen LogP contribution is 2.43. The van der Waals surface area contributed by atoms with Crippen LogP contribution in [-0.2, 0) is 9.59 Å². The van der Waals surface area contributed by atoms with Gasteiger partial charge in [-0.15, -0.1) is 0 Å². The monoisotopic (exact) mass is 405 g/mol. The van der Waals surface area contributed by atoms with Crippen molar-refractivity contribution in [1.29, 1.82) is 5.26 Å². The molecule has 0 saturated heterocycles. The first-order chi connectivity index (χ1) is 12.6. The van der Waals surface area contributed by atoms with Crippen molar-refractivity contribution in [1.82, 2.24) is 0 Å². The number of nitriles is 1. The number of benzene rings is 3. The van der Waals surface area contributed by atoms with Crippen LogP contribution in [0.15, 0.2) is 59.1 Å². The molecule has 0 saturated carbocycles. The van der Waals surface area contributed by atoms with Crippen molar-refractivity contribution in [2.75, 3.05) is 10.2 Å². The van der Waals surface area contributed by atoms with Crippen LogP contribution >= 0.6 is 15.9 Å². The summed E-state index contributed by atoms with van der Waals surface area (Å²) in [6, 6.07) is 18.3. The highest BCUT2D eigenvalue weighted by atomic mass is 79.9. The average molecular weight is 406 g/mol. The Balaban J connectivity index is 2.04. The minimum absolute atomic E-state index is 0.266. The zero-order valence-corrected chi connectivity index (χ0v) is 15.1. The van der Waals surface area contributed by atoms with Crippen LogP contribution < -0.4 is 10.2 Å². The van der Waals surface area contributed by atoms with Gasteiger partial charge in [-0.2, -0.15) is 5.26 Å². The van der Waals surface area contributed by atoms with E-state index in [1.165, 1.54) is 4.90 Å². The summed E-state index contributed by atoms with van der Waals surface area (Å²) in [5, 5.41) is 13.8. The summed E-state index contributed by atoms with van der Waals surface area (Å²) in [4.78, 5) is 26.6. The number of halogens is 1. The molecule has 3 aromatic rings. The van der Waals surface area contributed by atoms with E-state index < -0.39 is 0 Å². The van der Waals surface area contributed by atoms with Gasteiger partial charge in [0.15, 0.2) is 0 Å². The second kappa shape index (κ2) is 6.28. The van der Waals surface area contributed by atoms with E-state index in [9.17, 15) is 14.9 Å². The van der Waals surface area contributed by atoms with Gasteiger partial charge < -0.3 is 5.32 Å². The Bertz CT molecular complexity index is 1120. The molecule has 0 bridgehead atoms. The molecule has 26 heavy (non-hydrogen) atoms. The number of nitrogens with zero attached hydrogens (tertiary/aromatic N) is 2. The average Bonchev–Trinajstić information content (AvgIpc) is 2.77. The first-order valence-electron chi connectivity index (χ1n) is 7.92. The lowest BCUT2D eigenvalue weighted by molar-refractivity contribution is -0.124. The van der Waals surface area contributed by atoms with Crippen LogP contribution in [0.4, 0.5) is 17.1 Å². The SMILES string of the molecule is N#Cc1cccc(N2C(=O)CC(=O)Nc3c2cc(Br)c2ccccc32)c1. The Morgan fingerprint density at radius 3 is 2.58 bits per heavy atom. The van der Waals surface area contributed by atoms with Gasteiger partial charge in [-0.1, -0.05) is 46.3 Å². The van der Waals surface area contributed by atoms with Crippen molar-refractivity contribution in [2.45, 2.75) is 6.42 Å². The van der Waals surface area contributed by atoms with Gasteiger partial charge in [0.2, 0.25) is 11.8 Å². The maximum Gasteiger partial charge on any atom is 0.241 e. The molecule has 0 unspecified atom stereocenters. The fraction of sp³-hybridized carbons (Fsp3) is 0.0500. The summed E-state index contributed by atoms with van der Waals surface area (Å²) in [7, 11) is 0. The maximum atomic E-state index is 12.8. The molecule has 3 aromatic carbocycles.